The average molecular weight is 386 g/mol. The van der Waals surface area contributed by atoms with Crippen molar-refractivity contribution in [3.8, 4) is 0 Å². The first kappa shape index (κ1) is 17.7. The summed E-state index contributed by atoms with van der Waals surface area (Å²) in [5.41, 5.74) is 1.49. The molecule has 2 heterocycles. The van der Waals surface area contributed by atoms with Gasteiger partial charge in [0.1, 0.15) is 0 Å². The van der Waals surface area contributed by atoms with Crippen LogP contribution >= 0.6 is 22.9 Å². The third-order valence-electron chi connectivity index (χ3n) is 4.10. The summed E-state index contributed by atoms with van der Waals surface area (Å²) in [5, 5.41) is 3.50. The van der Waals surface area contributed by atoms with Gasteiger partial charge in [-0.25, -0.2) is 18.1 Å². The van der Waals surface area contributed by atoms with Crippen molar-refractivity contribution in [2.75, 3.05) is 24.5 Å². The predicted octanol–water partition coefficient (Wildman–Crippen LogP) is 3.23. The molecule has 130 valence electrons. The van der Waals surface area contributed by atoms with Crippen LogP contribution in [0.15, 0.2) is 28.5 Å². The Morgan fingerprint density at radius 3 is 2.83 bits per heavy atom. The highest BCUT2D eigenvalue weighted by Gasteiger charge is 2.18. The van der Waals surface area contributed by atoms with E-state index in [0.29, 0.717) is 23.6 Å². The molecule has 1 aliphatic rings. The van der Waals surface area contributed by atoms with Crippen molar-refractivity contribution in [1.29, 1.82) is 0 Å². The van der Waals surface area contributed by atoms with E-state index < -0.39 is 10.0 Å². The second-order valence-corrected chi connectivity index (χ2v) is 8.81. The van der Waals surface area contributed by atoms with Crippen LogP contribution in [-0.2, 0) is 16.4 Å². The first-order chi connectivity index (χ1) is 11.5. The van der Waals surface area contributed by atoms with Crippen LogP contribution in [0.1, 0.15) is 24.1 Å². The lowest BCUT2D eigenvalue weighted by Crippen LogP contribution is -2.26. The van der Waals surface area contributed by atoms with Gasteiger partial charge < -0.3 is 4.90 Å². The Morgan fingerprint density at radius 2 is 2.08 bits per heavy atom. The Morgan fingerprint density at radius 1 is 1.33 bits per heavy atom. The number of aromatic nitrogens is 1. The predicted molar refractivity (Wildman–Crippen MR) is 98.6 cm³/mol. The van der Waals surface area contributed by atoms with Crippen molar-refractivity contribution < 1.29 is 8.42 Å². The fourth-order valence-corrected chi connectivity index (χ4v) is 5.18. The number of thiazole rings is 1. The molecule has 0 aliphatic carbocycles. The molecule has 24 heavy (non-hydrogen) atoms. The maximum Gasteiger partial charge on any atom is 0.240 e. The van der Waals surface area contributed by atoms with Crippen LogP contribution in [0.4, 0.5) is 5.13 Å². The summed E-state index contributed by atoms with van der Waals surface area (Å²) in [6.07, 6.45) is 3.00. The molecule has 1 aromatic carbocycles. The van der Waals surface area contributed by atoms with Gasteiger partial charge in [0.15, 0.2) is 5.13 Å². The Labute approximate surface area is 151 Å². The molecular formula is C16H20ClN3O2S2. The van der Waals surface area contributed by atoms with E-state index in [9.17, 15) is 8.42 Å². The van der Waals surface area contributed by atoms with Gasteiger partial charge in [-0.15, -0.1) is 11.3 Å². The third-order valence-corrected chi connectivity index (χ3v) is 7.06. The van der Waals surface area contributed by atoms with Crippen molar-refractivity contribution in [3.05, 3.63) is 39.9 Å². The number of nitrogens with one attached hydrogen (secondary N) is 1. The zero-order valence-corrected chi connectivity index (χ0v) is 15.8. The van der Waals surface area contributed by atoms with Gasteiger partial charge in [0.05, 0.1) is 10.6 Å². The van der Waals surface area contributed by atoms with Crippen LogP contribution in [0.25, 0.3) is 0 Å². The Hall–Kier alpha value is -1.15. The molecule has 0 unspecified atom stereocenters. The quantitative estimate of drug-likeness (QED) is 0.829. The third kappa shape index (κ3) is 3.91. The Balaban J connectivity index is 1.60. The van der Waals surface area contributed by atoms with Crippen molar-refractivity contribution in [2.45, 2.75) is 31.1 Å². The maximum atomic E-state index is 12.4. The van der Waals surface area contributed by atoms with Crippen molar-refractivity contribution in [3.63, 3.8) is 0 Å². The number of hydrogen-bond donors (Lipinski definition) is 1. The summed E-state index contributed by atoms with van der Waals surface area (Å²) in [4.78, 5) is 7.12. The summed E-state index contributed by atoms with van der Waals surface area (Å²) >= 11 is 7.63. The molecule has 1 saturated heterocycles. The Kier molecular flexibility index (Phi) is 5.44. The van der Waals surface area contributed by atoms with Crippen LogP contribution in [0.5, 0.6) is 0 Å². The minimum atomic E-state index is -3.56. The summed E-state index contributed by atoms with van der Waals surface area (Å²) in [7, 11) is -3.56. The SMILES string of the molecule is Cc1c(Cl)cccc1S(=O)(=O)NCCc1csc(N2CCCC2)n1. The maximum absolute atomic E-state index is 12.4. The smallest absolute Gasteiger partial charge is 0.240 e. The van der Waals surface area contributed by atoms with Crippen LogP contribution < -0.4 is 9.62 Å². The average Bonchev–Trinajstić information content (AvgIpc) is 3.20. The van der Waals surface area contributed by atoms with E-state index in [2.05, 4.69) is 14.6 Å². The number of anilines is 1. The molecule has 0 amide bonds. The van der Waals surface area contributed by atoms with Crippen LogP contribution in [-0.4, -0.2) is 33.0 Å². The minimum Gasteiger partial charge on any atom is -0.348 e. The lowest BCUT2D eigenvalue weighted by Gasteiger charge is -2.12. The lowest BCUT2D eigenvalue weighted by atomic mass is 10.2. The monoisotopic (exact) mass is 385 g/mol. The van der Waals surface area contributed by atoms with Gasteiger partial charge in [-0.05, 0) is 37.5 Å². The molecule has 1 aromatic heterocycles. The van der Waals surface area contributed by atoms with Crippen LogP contribution in [0.3, 0.4) is 0 Å². The van der Waals surface area contributed by atoms with Crippen LogP contribution in [0, 0.1) is 6.92 Å². The number of sulfonamides is 1. The second kappa shape index (κ2) is 7.39. The standard InChI is InChI=1S/C16H20ClN3O2S2/c1-12-14(17)5-4-6-15(12)24(21,22)18-8-7-13-11-23-16(19-13)20-9-2-3-10-20/h4-6,11,18H,2-3,7-10H2,1H3. The van der Waals surface area contributed by atoms with Gasteiger partial charge >= 0.3 is 0 Å². The highest BCUT2D eigenvalue weighted by atomic mass is 35.5. The molecule has 1 N–H and O–H groups in total. The highest BCUT2D eigenvalue weighted by molar-refractivity contribution is 7.89. The van der Waals surface area contributed by atoms with E-state index in [-0.39, 0.29) is 4.90 Å². The number of nitrogens with zero attached hydrogens (tertiary/aromatic N) is 2. The van der Waals surface area contributed by atoms with Crippen molar-refractivity contribution >= 4 is 38.1 Å². The largest absolute Gasteiger partial charge is 0.348 e. The zero-order chi connectivity index (χ0) is 17.2. The summed E-state index contributed by atoms with van der Waals surface area (Å²) in [6, 6.07) is 4.90. The molecule has 2 aromatic rings. The topological polar surface area (TPSA) is 62.3 Å². The first-order valence-corrected chi connectivity index (χ1v) is 10.7. The Bertz CT molecular complexity index is 814. The van der Waals surface area contributed by atoms with E-state index in [1.54, 1.807) is 36.5 Å². The van der Waals surface area contributed by atoms with Crippen LogP contribution in [0.2, 0.25) is 5.02 Å². The van der Waals surface area contributed by atoms with Crippen molar-refractivity contribution in [2.24, 2.45) is 0 Å². The van der Waals surface area contributed by atoms with Gasteiger partial charge in [0, 0.05) is 36.5 Å². The zero-order valence-electron chi connectivity index (χ0n) is 13.5. The highest BCUT2D eigenvalue weighted by Crippen LogP contribution is 2.25. The van der Waals surface area contributed by atoms with Gasteiger partial charge in [0.2, 0.25) is 10.0 Å². The lowest BCUT2D eigenvalue weighted by molar-refractivity contribution is 0.581. The van der Waals surface area contributed by atoms with E-state index in [1.807, 2.05) is 5.38 Å². The molecule has 1 aliphatic heterocycles. The molecular weight excluding hydrogens is 366 g/mol. The molecule has 0 saturated carbocycles. The molecule has 5 nitrogen and oxygen atoms in total. The summed E-state index contributed by atoms with van der Waals surface area (Å²) < 4.78 is 27.5. The number of rotatable bonds is 6. The normalized spacial score (nSPS) is 15.2. The molecule has 3 rings (SSSR count). The molecule has 8 heteroatoms. The second-order valence-electron chi connectivity index (χ2n) is 5.83. The molecule has 1 fully saturated rings. The molecule has 0 atom stereocenters. The molecule has 0 spiro atoms. The summed E-state index contributed by atoms with van der Waals surface area (Å²) in [6.45, 7) is 4.15. The fourth-order valence-electron chi connectivity index (χ4n) is 2.73. The number of benzene rings is 1. The minimum absolute atomic E-state index is 0.228. The number of hydrogen-bond acceptors (Lipinski definition) is 5. The summed E-state index contributed by atoms with van der Waals surface area (Å²) in [5.74, 6) is 0. The van der Waals surface area contributed by atoms with E-state index in [4.69, 9.17) is 11.6 Å². The molecule has 0 radical (unpaired) electrons. The van der Waals surface area contributed by atoms with E-state index >= 15 is 0 Å². The fraction of sp³-hybridized carbons (Fsp3) is 0.438. The van der Waals surface area contributed by atoms with Gasteiger partial charge in [0.25, 0.3) is 0 Å². The molecule has 0 bridgehead atoms. The number of halogens is 1. The first-order valence-electron chi connectivity index (χ1n) is 7.91. The van der Waals surface area contributed by atoms with Gasteiger partial charge in [-0.1, -0.05) is 17.7 Å². The van der Waals surface area contributed by atoms with E-state index in [1.165, 1.54) is 12.8 Å². The van der Waals surface area contributed by atoms with Gasteiger partial charge in [-0.2, -0.15) is 0 Å². The van der Waals surface area contributed by atoms with Crippen molar-refractivity contribution in [1.82, 2.24) is 9.71 Å². The van der Waals surface area contributed by atoms with E-state index in [0.717, 1.165) is 23.9 Å². The van der Waals surface area contributed by atoms with Gasteiger partial charge in [-0.3, -0.25) is 0 Å².